The number of benzene rings is 1. The summed E-state index contributed by atoms with van der Waals surface area (Å²) < 4.78 is 1.94. The van der Waals surface area contributed by atoms with Crippen molar-refractivity contribution >= 4 is 26.8 Å². The normalized spacial score (nSPS) is 10.6. The molecule has 0 aliphatic rings. The highest BCUT2D eigenvalue weighted by atomic mass is 79.9. The molecule has 0 saturated heterocycles. The minimum Gasteiger partial charge on any atom is -0.618 e. The van der Waals surface area contributed by atoms with E-state index in [0.717, 1.165) is 20.3 Å². The largest absolute Gasteiger partial charge is 0.618 e. The van der Waals surface area contributed by atoms with E-state index in [-0.39, 0.29) is 0 Å². The van der Waals surface area contributed by atoms with Crippen molar-refractivity contribution in [3.8, 4) is 0 Å². The van der Waals surface area contributed by atoms with Crippen molar-refractivity contribution in [1.82, 2.24) is 0 Å². The van der Waals surface area contributed by atoms with Crippen LogP contribution in [0.2, 0.25) is 0 Å². The number of rotatable bonds is 0. The van der Waals surface area contributed by atoms with Crippen molar-refractivity contribution in [2.45, 2.75) is 6.92 Å². The zero-order valence-electron chi connectivity index (χ0n) is 7.12. The molecule has 0 amide bonds. The Labute approximate surface area is 84.5 Å². The molecule has 0 N–H and O–H groups in total. The van der Waals surface area contributed by atoms with Crippen LogP contribution in [0.5, 0.6) is 0 Å². The molecule has 0 bridgehead atoms. The van der Waals surface area contributed by atoms with Gasteiger partial charge in [0, 0.05) is 28.9 Å². The standard InChI is InChI=1S/C10H8BrNO/c1-7-2-3-8-6-9(11)4-5-10(8)12(7)13/h2-6H,1H3. The lowest BCUT2D eigenvalue weighted by molar-refractivity contribution is -0.584. The fourth-order valence-electron chi connectivity index (χ4n) is 1.31. The summed E-state index contributed by atoms with van der Waals surface area (Å²) in [6.07, 6.45) is 0. The van der Waals surface area contributed by atoms with Crippen molar-refractivity contribution in [3.63, 3.8) is 0 Å². The van der Waals surface area contributed by atoms with Gasteiger partial charge in [-0.1, -0.05) is 15.9 Å². The van der Waals surface area contributed by atoms with Crippen LogP contribution in [0.1, 0.15) is 5.69 Å². The first kappa shape index (κ1) is 8.51. The molecule has 1 aromatic carbocycles. The maximum atomic E-state index is 11.5. The van der Waals surface area contributed by atoms with Gasteiger partial charge >= 0.3 is 0 Å². The SMILES string of the molecule is Cc1ccc2cc(Br)ccc2[n+]1[O-]. The molecule has 2 aromatic rings. The Morgan fingerprint density at radius 1 is 1.23 bits per heavy atom. The van der Waals surface area contributed by atoms with E-state index in [1.54, 1.807) is 6.92 Å². The van der Waals surface area contributed by atoms with Crippen LogP contribution in [0.25, 0.3) is 10.9 Å². The number of halogens is 1. The zero-order chi connectivity index (χ0) is 9.42. The van der Waals surface area contributed by atoms with Gasteiger partial charge in [-0.05, 0) is 18.2 Å². The van der Waals surface area contributed by atoms with E-state index >= 15 is 0 Å². The molecule has 2 nitrogen and oxygen atoms in total. The van der Waals surface area contributed by atoms with Crippen LogP contribution in [-0.4, -0.2) is 0 Å². The van der Waals surface area contributed by atoms with E-state index in [1.165, 1.54) is 0 Å². The van der Waals surface area contributed by atoms with E-state index in [9.17, 15) is 5.21 Å². The van der Waals surface area contributed by atoms with Crippen LogP contribution in [0, 0.1) is 12.1 Å². The minimum atomic E-state index is 0.711. The zero-order valence-corrected chi connectivity index (χ0v) is 8.71. The van der Waals surface area contributed by atoms with Gasteiger partial charge in [-0.3, -0.25) is 0 Å². The summed E-state index contributed by atoms with van der Waals surface area (Å²) in [5.74, 6) is 0. The molecule has 0 saturated carbocycles. The Morgan fingerprint density at radius 3 is 2.77 bits per heavy atom. The van der Waals surface area contributed by atoms with Crippen molar-refractivity contribution in [1.29, 1.82) is 0 Å². The predicted molar refractivity (Wildman–Crippen MR) is 55.3 cm³/mol. The predicted octanol–water partition coefficient (Wildman–Crippen LogP) is 2.54. The molecule has 0 aliphatic carbocycles. The Bertz CT molecular complexity index is 468. The highest BCUT2D eigenvalue weighted by Crippen LogP contribution is 2.17. The molecule has 2 rings (SSSR count). The number of fused-ring (bicyclic) bond motifs is 1. The summed E-state index contributed by atoms with van der Waals surface area (Å²) in [7, 11) is 0. The number of aryl methyl sites for hydroxylation is 1. The second kappa shape index (κ2) is 3.00. The van der Waals surface area contributed by atoms with E-state index in [1.807, 2.05) is 30.3 Å². The molecular formula is C10H8BrNO. The second-order valence-electron chi connectivity index (χ2n) is 2.97. The Morgan fingerprint density at radius 2 is 2.00 bits per heavy atom. The summed E-state index contributed by atoms with van der Waals surface area (Å²) in [6, 6.07) is 9.39. The van der Waals surface area contributed by atoms with Crippen LogP contribution in [0.3, 0.4) is 0 Å². The van der Waals surface area contributed by atoms with E-state index in [4.69, 9.17) is 0 Å². The van der Waals surface area contributed by atoms with Crippen molar-refractivity contribution in [2.24, 2.45) is 0 Å². The third kappa shape index (κ3) is 1.40. The molecule has 13 heavy (non-hydrogen) atoms. The molecular weight excluding hydrogens is 230 g/mol. The lowest BCUT2D eigenvalue weighted by Crippen LogP contribution is -2.30. The molecule has 66 valence electrons. The lowest BCUT2D eigenvalue weighted by atomic mass is 10.2. The van der Waals surface area contributed by atoms with Crippen molar-refractivity contribution in [2.75, 3.05) is 0 Å². The van der Waals surface area contributed by atoms with Crippen LogP contribution >= 0.6 is 15.9 Å². The third-order valence-corrected chi connectivity index (χ3v) is 2.53. The Balaban J connectivity index is 2.87. The molecule has 0 spiro atoms. The monoisotopic (exact) mass is 237 g/mol. The van der Waals surface area contributed by atoms with Crippen molar-refractivity contribution < 1.29 is 4.73 Å². The smallest absolute Gasteiger partial charge is 0.224 e. The van der Waals surface area contributed by atoms with Gasteiger partial charge in [0.25, 0.3) is 0 Å². The van der Waals surface area contributed by atoms with Crippen LogP contribution in [0.4, 0.5) is 0 Å². The average molecular weight is 238 g/mol. The van der Waals surface area contributed by atoms with Crippen LogP contribution < -0.4 is 4.73 Å². The van der Waals surface area contributed by atoms with E-state index in [0.29, 0.717) is 5.52 Å². The van der Waals surface area contributed by atoms with Gasteiger partial charge in [0.15, 0.2) is 5.69 Å². The van der Waals surface area contributed by atoms with Crippen molar-refractivity contribution in [3.05, 3.63) is 45.7 Å². The minimum absolute atomic E-state index is 0.711. The maximum Gasteiger partial charge on any atom is 0.224 e. The number of hydrogen-bond acceptors (Lipinski definition) is 1. The molecule has 0 atom stereocenters. The quantitative estimate of drug-likeness (QED) is 0.511. The van der Waals surface area contributed by atoms with E-state index < -0.39 is 0 Å². The molecule has 0 fully saturated rings. The maximum absolute atomic E-state index is 11.5. The topological polar surface area (TPSA) is 26.9 Å². The highest BCUT2D eigenvalue weighted by molar-refractivity contribution is 9.10. The first-order chi connectivity index (χ1) is 6.18. The number of hydrogen-bond donors (Lipinski definition) is 0. The van der Waals surface area contributed by atoms with Gasteiger partial charge < -0.3 is 5.21 Å². The second-order valence-corrected chi connectivity index (χ2v) is 3.89. The third-order valence-electron chi connectivity index (χ3n) is 2.03. The van der Waals surface area contributed by atoms with Gasteiger partial charge in [0.2, 0.25) is 5.52 Å². The fourth-order valence-corrected chi connectivity index (χ4v) is 1.69. The summed E-state index contributed by atoms with van der Waals surface area (Å²) in [5.41, 5.74) is 1.43. The Hall–Kier alpha value is -1.09. The van der Waals surface area contributed by atoms with Gasteiger partial charge in [0.05, 0.1) is 0 Å². The van der Waals surface area contributed by atoms with E-state index in [2.05, 4.69) is 15.9 Å². The van der Waals surface area contributed by atoms with Gasteiger partial charge in [0.1, 0.15) is 0 Å². The fraction of sp³-hybridized carbons (Fsp3) is 0.100. The first-order valence-corrected chi connectivity index (χ1v) is 4.76. The van der Waals surface area contributed by atoms with Gasteiger partial charge in [-0.25, -0.2) is 0 Å². The van der Waals surface area contributed by atoms with Crippen LogP contribution in [-0.2, 0) is 0 Å². The molecule has 0 radical (unpaired) electrons. The van der Waals surface area contributed by atoms with Crippen LogP contribution in [0.15, 0.2) is 34.8 Å². The molecule has 1 aromatic heterocycles. The highest BCUT2D eigenvalue weighted by Gasteiger charge is 2.05. The molecule has 3 heteroatoms. The summed E-state index contributed by atoms with van der Waals surface area (Å²) in [5, 5.41) is 12.5. The summed E-state index contributed by atoms with van der Waals surface area (Å²) in [4.78, 5) is 0. The Kier molecular flexibility index (Phi) is 1.96. The first-order valence-electron chi connectivity index (χ1n) is 3.97. The average Bonchev–Trinajstić information content (AvgIpc) is 2.12. The summed E-state index contributed by atoms with van der Waals surface area (Å²) in [6.45, 7) is 1.80. The van der Waals surface area contributed by atoms with Gasteiger partial charge in [-0.2, -0.15) is 4.73 Å². The summed E-state index contributed by atoms with van der Waals surface area (Å²) >= 11 is 3.36. The number of aromatic nitrogens is 1. The number of nitrogens with zero attached hydrogens (tertiary/aromatic N) is 1. The van der Waals surface area contributed by atoms with Gasteiger partial charge in [-0.15, -0.1) is 0 Å². The number of pyridine rings is 1. The molecule has 0 aliphatic heterocycles. The molecule has 0 unspecified atom stereocenters. The molecule has 1 heterocycles. The lowest BCUT2D eigenvalue weighted by Gasteiger charge is -2.04.